The Morgan fingerprint density at radius 3 is 2.68 bits per heavy atom. The number of hydrogen-bond donors (Lipinski definition) is 0. The maximum absolute atomic E-state index is 13.8. The van der Waals surface area contributed by atoms with Gasteiger partial charge in [-0.3, -0.25) is 0 Å². The van der Waals surface area contributed by atoms with Crippen LogP contribution in [0.5, 0.6) is 5.75 Å². The van der Waals surface area contributed by atoms with Crippen molar-refractivity contribution >= 4 is 16.7 Å². The fraction of sp³-hybridized carbons (Fsp3) is 0.588. The third kappa shape index (κ3) is 4.90. The predicted octanol–water partition coefficient (Wildman–Crippen LogP) is 4.28. The van der Waals surface area contributed by atoms with Crippen LogP contribution in [0.2, 0.25) is 0 Å². The van der Waals surface area contributed by atoms with Crippen LogP contribution in [0.25, 0.3) is 0 Å². The molecule has 5 heteroatoms. The Morgan fingerprint density at radius 1 is 1.41 bits per heavy atom. The second-order valence-electron chi connectivity index (χ2n) is 6.76. The van der Waals surface area contributed by atoms with Crippen molar-refractivity contribution in [3.8, 4) is 5.75 Å². The minimum Gasteiger partial charge on any atom is -0.490 e. The van der Waals surface area contributed by atoms with E-state index in [-0.39, 0.29) is 11.6 Å². The lowest BCUT2D eigenvalue weighted by Crippen LogP contribution is -2.20. The van der Waals surface area contributed by atoms with E-state index in [0.29, 0.717) is 12.3 Å². The monoisotopic (exact) mass is 325 g/mol. The van der Waals surface area contributed by atoms with Crippen LogP contribution in [-0.4, -0.2) is 21.3 Å². The molecule has 0 aromatic heterocycles. The van der Waals surface area contributed by atoms with Crippen molar-refractivity contribution in [3.05, 3.63) is 29.6 Å². The molecule has 1 aliphatic carbocycles. The normalized spacial score (nSPS) is 17.4. The first kappa shape index (κ1) is 17.1. The highest BCUT2D eigenvalue weighted by atomic mass is 32.2. The summed E-state index contributed by atoms with van der Waals surface area (Å²) >= 11 is 0. The SMILES string of the molecule is CC(=N[S@@](=O)C(C)(C)C)c1ccc(F)c(OCCC2CC2)c1. The molecule has 1 aromatic carbocycles. The van der Waals surface area contributed by atoms with E-state index in [1.807, 2.05) is 20.8 Å². The van der Waals surface area contributed by atoms with Crippen molar-refractivity contribution in [2.75, 3.05) is 6.61 Å². The van der Waals surface area contributed by atoms with E-state index in [2.05, 4.69) is 4.40 Å². The van der Waals surface area contributed by atoms with Crippen LogP contribution >= 0.6 is 0 Å². The molecular formula is C17H24FNO2S. The Balaban J connectivity index is 2.09. The molecule has 0 amide bonds. The first-order valence-corrected chi connectivity index (χ1v) is 8.78. The number of benzene rings is 1. The van der Waals surface area contributed by atoms with Crippen LogP contribution in [0.4, 0.5) is 4.39 Å². The summed E-state index contributed by atoms with van der Waals surface area (Å²) in [6.07, 6.45) is 3.50. The Labute approximate surface area is 134 Å². The van der Waals surface area contributed by atoms with Gasteiger partial charge < -0.3 is 4.74 Å². The molecule has 3 nitrogen and oxygen atoms in total. The fourth-order valence-electron chi connectivity index (χ4n) is 1.90. The van der Waals surface area contributed by atoms with Gasteiger partial charge in [-0.1, -0.05) is 12.8 Å². The molecule has 22 heavy (non-hydrogen) atoms. The zero-order chi connectivity index (χ0) is 16.3. The van der Waals surface area contributed by atoms with E-state index in [9.17, 15) is 8.60 Å². The van der Waals surface area contributed by atoms with Gasteiger partial charge in [0.15, 0.2) is 11.6 Å². The third-order valence-electron chi connectivity index (χ3n) is 3.57. The molecule has 0 N–H and O–H groups in total. The number of halogens is 1. The lowest BCUT2D eigenvalue weighted by Gasteiger charge is -2.14. The van der Waals surface area contributed by atoms with Gasteiger partial charge in [-0.05, 0) is 58.2 Å². The van der Waals surface area contributed by atoms with Crippen LogP contribution < -0.4 is 4.74 Å². The first-order chi connectivity index (χ1) is 10.3. The van der Waals surface area contributed by atoms with E-state index < -0.39 is 15.7 Å². The van der Waals surface area contributed by atoms with Gasteiger partial charge in [-0.2, -0.15) is 4.40 Å². The van der Waals surface area contributed by atoms with Gasteiger partial charge in [0.1, 0.15) is 11.0 Å². The molecule has 0 spiro atoms. The lowest BCUT2D eigenvalue weighted by atomic mass is 10.1. The summed E-state index contributed by atoms with van der Waals surface area (Å²) < 4.78 is 35.2. The molecule has 1 atom stereocenters. The Morgan fingerprint density at radius 2 is 2.09 bits per heavy atom. The zero-order valence-corrected chi connectivity index (χ0v) is 14.5. The minimum absolute atomic E-state index is 0.245. The van der Waals surface area contributed by atoms with Crippen LogP contribution in [0.15, 0.2) is 22.6 Å². The second-order valence-corrected chi connectivity index (χ2v) is 8.67. The van der Waals surface area contributed by atoms with Gasteiger partial charge in [0.25, 0.3) is 0 Å². The maximum atomic E-state index is 13.8. The Hall–Kier alpha value is -1.23. The van der Waals surface area contributed by atoms with Gasteiger partial charge in [0, 0.05) is 5.56 Å². The van der Waals surface area contributed by atoms with Crippen molar-refractivity contribution in [3.63, 3.8) is 0 Å². The second kappa shape index (κ2) is 6.90. The molecule has 1 saturated carbocycles. The predicted molar refractivity (Wildman–Crippen MR) is 89.3 cm³/mol. The molecule has 1 aliphatic rings. The summed E-state index contributed by atoms with van der Waals surface area (Å²) in [5.74, 6) is 0.627. The van der Waals surface area contributed by atoms with Crippen molar-refractivity contribution in [1.82, 2.24) is 0 Å². The van der Waals surface area contributed by atoms with Crippen LogP contribution in [0, 0.1) is 11.7 Å². The number of rotatable bonds is 6. The van der Waals surface area contributed by atoms with Gasteiger partial charge in [0.2, 0.25) is 0 Å². The number of nitrogens with zero attached hydrogens (tertiary/aromatic N) is 1. The molecule has 0 unspecified atom stereocenters. The Bertz CT molecular complexity index is 589. The van der Waals surface area contributed by atoms with Gasteiger partial charge in [-0.15, -0.1) is 0 Å². The van der Waals surface area contributed by atoms with Crippen molar-refractivity contribution < 1.29 is 13.3 Å². The molecular weight excluding hydrogens is 301 g/mol. The number of ether oxygens (including phenoxy) is 1. The highest BCUT2D eigenvalue weighted by Gasteiger charge is 2.21. The smallest absolute Gasteiger partial charge is 0.165 e. The standard InChI is InChI=1S/C17H24FNO2S/c1-12(19-22(20)17(2,3)4)14-7-8-15(18)16(11-14)21-10-9-13-5-6-13/h7-8,11,13H,5-6,9-10H2,1-4H3/t22-/m0/s1. The van der Waals surface area contributed by atoms with E-state index >= 15 is 0 Å². The lowest BCUT2D eigenvalue weighted by molar-refractivity contribution is 0.288. The molecule has 2 rings (SSSR count). The van der Waals surface area contributed by atoms with E-state index in [4.69, 9.17) is 4.74 Å². The third-order valence-corrected chi connectivity index (χ3v) is 5.06. The molecule has 0 aliphatic heterocycles. The summed E-state index contributed by atoms with van der Waals surface area (Å²) in [6.45, 7) is 7.94. The highest BCUT2D eigenvalue weighted by Crippen LogP contribution is 2.32. The van der Waals surface area contributed by atoms with Gasteiger partial charge >= 0.3 is 0 Å². The molecule has 0 saturated heterocycles. The molecule has 1 aromatic rings. The first-order valence-electron chi connectivity index (χ1n) is 7.67. The molecule has 0 bridgehead atoms. The molecule has 122 valence electrons. The van der Waals surface area contributed by atoms with Crippen molar-refractivity contribution in [2.24, 2.45) is 10.3 Å². The van der Waals surface area contributed by atoms with Crippen molar-refractivity contribution in [2.45, 2.75) is 51.7 Å². The summed E-state index contributed by atoms with van der Waals surface area (Å²) in [5.41, 5.74) is 1.36. The number of hydrogen-bond acceptors (Lipinski definition) is 2. The van der Waals surface area contributed by atoms with Gasteiger partial charge in [0.05, 0.1) is 17.1 Å². The molecule has 0 radical (unpaired) electrons. The molecule has 0 heterocycles. The minimum atomic E-state index is -1.33. The van der Waals surface area contributed by atoms with Crippen LogP contribution in [0.1, 0.15) is 52.5 Å². The zero-order valence-electron chi connectivity index (χ0n) is 13.7. The summed E-state index contributed by atoms with van der Waals surface area (Å²) in [6, 6.07) is 4.66. The van der Waals surface area contributed by atoms with E-state index in [0.717, 1.165) is 17.9 Å². The topological polar surface area (TPSA) is 38.7 Å². The highest BCUT2D eigenvalue weighted by molar-refractivity contribution is 7.85. The summed E-state index contributed by atoms with van der Waals surface area (Å²) in [5, 5.41) is 0. The fourth-order valence-corrected chi connectivity index (χ4v) is 2.52. The largest absolute Gasteiger partial charge is 0.490 e. The average molecular weight is 325 g/mol. The maximum Gasteiger partial charge on any atom is 0.165 e. The average Bonchev–Trinajstić information content (AvgIpc) is 3.23. The Kier molecular flexibility index (Phi) is 5.37. The van der Waals surface area contributed by atoms with E-state index in [1.54, 1.807) is 19.1 Å². The van der Waals surface area contributed by atoms with Gasteiger partial charge in [-0.25, -0.2) is 8.60 Å². The van der Waals surface area contributed by atoms with Crippen LogP contribution in [-0.2, 0) is 11.0 Å². The summed E-state index contributed by atoms with van der Waals surface area (Å²) in [7, 11) is -1.33. The van der Waals surface area contributed by atoms with Crippen LogP contribution in [0.3, 0.4) is 0 Å². The molecule has 1 fully saturated rings. The quantitative estimate of drug-likeness (QED) is 0.732. The van der Waals surface area contributed by atoms with Crippen molar-refractivity contribution in [1.29, 1.82) is 0 Å². The summed E-state index contributed by atoms with van der Waals surface area (Å²) in [4.78, 5) is 0. The van der Waals surface area contributed by atoms with E-state index in [1.165, 1.54) is 18.9 Å².